The highest BCUT2D eigenvalue weighted by atomic mass is 32.2. The van der Waals surface area contributed by atoms with Crippen molar-refractivity contribution >= 4 is 29.0 Å². The maximum absolute atomic E-state index is 13.2. The van der Waals surface area contributed by atoms with Crippen LogP contribution < -0.4 is 5.32 Å². The molecule has 1 aromatic carbocycles. The van der Waals surface area contributed by atoms with Crippen molar-refractivity contribution in [3.05, 3.63) is 53.2 Å². The van der Waals surface area contributed by atoms with Gasteiger partial charge in [0.15, 0.2) is 5.82 Å². The van der Waals surface area contributed by atoms with Crippen molar-refractivity contribution in [2.45, 2.75) is 29.3 Å². The topological polar surface area (TPSA) is 70.7 Å². The Balaban J connectivity index is 1.57. The Morgan fingerprint density at radius 1 is 1.32 bits per heavy atom. The van der Waals surface area contributed by atoms with Gasteiger partial charge in [-0.2, -0.15) is 0 Å². The predicted octanol–water partition coefficient (Wildman–Crippen LogP) is 3.78. The minimum Gasteiger partial charge on any atom is -0.352 e. The number of hydrogen-bond donors (Lipinski definition) is 2. The monoisotopic (exact) mass is 374 g/mol. The molecule has 0 bridgehead atoms. The SMILES string of the molecule is O=C(NC1CC1)C(Sc1n[nH]c(-c2cccs2)n1)c1ccc(F)cc1. The summed E-state index contributed by atoms with van der Waals surface area (Å²) in [6.45, 7) is 0. The molecule has 5 nitrogen and oxygen atoms in total. The number of H-pyrrole nitrogens is 1. The van der Waals surface area contributed by atoms with Crippen molar-refractivity contribution in [2.75, 3.05) is 0 Å². The number of carbonyl (C=O) groups is 1. The number of rotatable bonds is 6. The third-order valence-electron chi connectivity index (χ3n) is 3.78. The minimum atomic E-state index is -0.520. The fourth-order valence-electron chi connectivity index (χ4n) is 2.34. The molecular weight excluding hydrogens is 359 g/mol. The van der Waals surface area contributed by atoms with E-state index in [-0.39, 0.29) is 17.8 Å². The smallest absolute Gasteiger partial charge is 0.238 e. The number of nitrogens with one attached hydrogen (secondary N) is 2. The lowest BCUT2D eigenvalue weighted by atomic mass is 10.1. The van der Waals surface area contributed by atoms with Crippen molar-refractivity contribution in [1.29, 1.82) is 0 Å². The third-order valence-corrected chi connectivity index (χ3v) is 5.77. The molecule has 0 saturated heterocycles. The Morgan fingerprint density at radius 2 is 2.12 bits per heavy atom. The third kappa shape index (κ3) is 3.91. The second-order valence-electron chi connectivity index (χ2n) is 5.78. The quantitative estimate of drug-likeness (QED) is 0.644. The fraction of sp³-hybridized carbons (Fsp3) is 0.235. The Bertz CT molecular complexity index is 859. The molecule has 2 N–H and O–H groups in total. The molecule has 25 heavy (non-hydrogen) atoms. The molecule has 1 unspecified atom stereocenters. The van der Waals surface area contributed by atoms with Gasteiger partial charge in [-0.15, -0.1) is 16.4 Å². The summed E-state index contributed by atoms with van der Waals surface area (Å²) in [5, 5.41) is 12.1. The van der Waals surface area contributed by atoms with Crippen LogP contribution in [0.25, 0.3) is 10.7 Å². The standard InChI is InChI=1S/C17H15FN4OS2/c18-11-5-3-10(4-6-11)14(16(23)19-12-7-8-12)25-17-20-15(21-22-17)13-2-1-9-24-13/h1-6,9,12,14H,7-8H2,(H,19,23)(H,20,21,22). The van der Waals surface area contributed by atoms with Gasteiger partial charge in [0.05, 0.1) is 4.88 Å². The highest BCUT2D eigenvalue weighted by Gasteiger charge is 2.30. The zero-order valence-corrected chi connectivity index (χ0v) is 14.7. The van der Waals surface area contributed by atoms with Gasteiger partial charge in [-0.25, -0.2) is 9.37 Å². The van der Waals surface area contributed by atoms with Gasteiger partial charge in [0, 0.05) is 6.04 Å². The molecule has 0 aliphatic heterocycles. The summed E-state index contributed by atoms with van der Waals surface area (Å²) in [6.07, 6.45) is 2.02. The number of thiophene rings is 1. The summed E-state index contributed by atoms with van der Waals surface area (Å²) >= 11 is 2.83. The van der Waals surface area contributed by atoms with Crippen LogP contribution in [0.15, 0.2) is 46.9 Å². The average molecular weight is 374 g/mol. The first-order valence-electron chi connectivity index (χ1n) is 7.88. The normalized spacial score (nSPS) is 15.1. The number of amides is 1. The summed E-state index contributed by atoms with van der Waals surface area (Å²) in [5.74, 6) is 0.257. The van der Waals surface area contributed by atoms with E-state index >= 15 is 0 Å². The van der Waals surface area contributed by atoms with Crippen LogP contribution in [0.3, 0.4) is 0 Å². The van der Waals surface area contributed by atoms with Gasteiger partial charge < -0.3 is 5.32 Å². The van der Waals surface area contributed by atoms with Crippen LogP contribution in [0.1, 0.15) is 23.7 Å². The molecule has 1 atom stereocenters. The molecule has 3 aromatic rings. The zero-order chi connectivity index (χ0) is 17.2. The molecule has 4 rings (SSSR count). The van der Waals surface area contributed by atoms with Crippen molar-refractivity contribution < 1.29 is 9.18 Å². The van der Waals surface area contributed by atoms with E-state index in [0.29, 0.717) is 11.0 Å². The van der Waals surface area contributed by atoms with Gasteiger partial charge >= 0.3 is 0 Å². The molecular formula is C17H15FN4OS2. The number of hydrogen-bond acceptors (Lipinski definition) is 5. The van der Waals surface area contributed by atoms with Crippen LogP contribution in [0.5, 0.6) is 0 Å². The molecule has 2 aromatic heterocycles. The van der Waals surface area contributed by atoms with E-state index in [4.69, 9.17) is 0 Å². The van der Waals surface area contributed by atoms with Crippen LogP contribution in [-0.4, -0.2) is 27.1 Å². The van der Waals surface area contributed by atoms with Gasteiger partial charge in [-0.05, 0) is 42.0 Å². The van der Waals surface area contributed by atoms with Crippen molar-refractivity contribution in [3.63, 3.8) is 0 Å². The van der Waals surface area contributed by atoms with Gasteiger partial charge in [-0.1, -0.05) is 30.0 Å². The number of benzene rings is 1. The van der Waals surface area contributed by atoms with Crippen LogP contribution >= 0.6 is 23.1 Å². The highest BCUT2D eigenvalue weighted by molar-refractivity contribution is 8.00. The van der Waals surface area contributed by atoms with E-state index in [2.05, 4.69) is 20.5 Å². The van der Waals surface area contributed by atoms with E-state index in [1.165, 1.54) is 23.9 Å². The molecule has 1 saturated carbocycles. The molecule has 2 heterocycles. The van der Waals surface area contributed by atoms with E-state index in [9.17, 15) is 9.18 Å². The van der Waals surface area contributed by atoms with Crippen LogP contribution in [0, 0.1) is 5.82 Å². The number of carbonyl (C=O) groups excluding carboxylic acids is 1. The maximum Gasteiger partial charge on any atom is 0.238 e. The summed E-state index contributed by atoms with van der Waals surface area (Å²) < 4.78 is 13.2. The molecule has 0 spiro atoms. The summed E-state index contributed by atoms with van der Waals surface area (Å²) in [6, 6.07) is 10.1. The number of thioether (sulfide) groups is 1. The zero-order valence-electron chi connectivity index (χ0n) is 13.1. The van der Waals surface area contributed by atoms with Gasteiger partial charge in [0.25, 0.3) is 0 Å². The van der Waals surface area contributed by atoms with Crippen molar-refractivity contribution in [3.8, 4) is 10.7 Å². The number of aromatic amines is 1. The predicted molar refractivity (Wildman–Crippen MR) is 95.9 cm³/mol. The van der Waals surface area contributed by atoms with E-state index in [0.717, 1.165) is 23.3 Å². The first kappa shape index (κ1) is 16.3. The van der Waals surface area contributed by atoms with E-state index < -0.39 is 5.25 Å². The Morgan fingerprint density at radius 3 is 2.80 bits per heavy atom. The molecule has 128 valence electrons. The average Bonchev–Trinajstić information content (AvgIpc) is 3.09. The fourth-order valence-corrected chi connectivity index (χ4v) is 3.93. The van der Waals surface area contributed by atoms with Crippen molar-refractivity contribution in [1.82, 2.24) is 20.5 Å². The second-order valence-corrected chi connectivity index (χ2v) is 7.80. The Labute approximate surface area is 152 Å². The summed E-state index contributed by atoms with van der Waals surface area (Å²) in [5.41, 5.74) is 0.729. The second kappa shape index (κ2) is 6.97. The first-order chi connectivity index (χ1) is 12.2. The Kier molecular flexibility index (Phi) is 4.54. The Hall–Kier alpha value is -2.19. The van der Waals surface area contributed by atoms with Gasteiger partial charge in [-0.3, -0.25) is 9.89 Å². The van der Waals surface area contributed by atoms with Crippen LogP contribution in [-0.2, 0) is 4.79 Å². The molecule has 1 amide bonds. The molecule has 1 fully saturated rings. The summed E-state index contributed by atoms with van der Waals surface area (Å²) in [4.78, 5) is 18.1. The van der Waals surface area contributed by atoms with E-state index in [1.807, 2.05) is 17.5 Å². The lowest BCUT2D eigenvalue weighted by molar-refractivity contribution is -0.120. The van der Waals surface area contributed by atoms with Crippen LogP contribution in [0.4, 0.5) is 4.39 Å². The van der Waals surface area contributed by atoms with Crippen LogP contribution in [0.2, 0.25) is 0 Å². The minimum absolute atomic E-state index is 0.0958. The number of nitrogens with zero attached hydrogens (tertiary/aromatic N) is 2. The molecule has 0 radical (unpaired) electrons. The number of aromatic nitrogens is 3. The van der Waals surface area contributed by atoms with Gasteiger partial charge in [0.1, 0.15) is 11.1 Å². The lowest BCUT2D eigenvalue weighted by Crippen LogP contribution is -2.29. The maximum atomic E-state index is 13.2. The molecule has 1 aliphatic carbocycles. The summed E-state index contributed by atoms with van der Waals surface area (Å²) in [7, 11) is 0. The van der Waals surface area contributed by atoms with E-state index in [1.54, 1.807) is 23.5 Å². The molecule has 1 aliphatic rings. The number of halogens is 1. The lowest BCUT2D eigenvalue weighted by Gasteiger charge is -2.15. The van der Waals surface area contributed by atoms with Crippen molar-refractivity contribution in [2.24, 2.45) is 0 Å². The highest BCUT2D eigenvalue weighted by Crippen LogP contribution is 2.35. The first-order valence-corrected chi connectivity index (χ1v) is 9.64. The van der Waals surface area contributed by atoms with Gasteiger partial charge in [0.2, 0.25) is 11.1 Å². The largest absolute Gasteiger partial charge is 0.352 e. The molecule has 8 heteroatoms.